The first-order valence-electron chi connectivity index (χ1n) is 8.58. The number of nitrogens with two attached hydrogens (primary N) is 1. The van der Waals surface area contributed by atoms with Gasteiger partial charge in [0.05, 0.1) is 0 Å². The highest BCUT2D eigenvalue weighted by Crippen LogP contribution is 2.26. The number of phenols is 1. The van der Waals surface area contributed by atoms with Gasteiger partial charge < -0.3 is 21.1 Å². The van der Waals surface area contributed by atoms with Gasteiger partial charge in [-0.15, -0.1) is 0 Å². The molecule has 1 amide bonds. The number of carbonyl (C=O) groups is 1. The van der Waals surface area contributed by atoms with Crippen molar-refractivity contribution in [3.05, 3.63) is 54.2 Å². The molecule has 0 aliphatic carbocycles. The summed E-state index contributed by atoms with van der Waals surface area (Å²) >= 11 is 0. The van der Waals surface area contributed by atoms with Crippen molar-refractivity contribution in [3.8, 4) is 16.9 Å². The predicted molar refractivity (Wildman–Crippen MR) is 101 cm³/mol. The number of phenolic OH excluding ortho intramolecular Hbond substituents is 1. The zero-order chi connectivity index (χ0) is 17.6. The Bertz CT molecular complexity index is 853. The molecular formula is C20H23N3O2. The summed E-state index contributed by atoms with van der Waals surface area (Å²) < 4.78 is 0. The van der Waals surface area contributed by atoms with Crippen molar-refractivity contribution in [1.29, 1.82) is 0 Å². The van der Waals surface area contributed by atoms with Crippen LogP contribution in [0.5, 0.6) is 5.75 Å². The van der Waals surface area contributed by atoms with Crippen molar-refractivity contribution in [3.63, 3.8) is 0 Å². The van der Waals surface area contributed by atoms with Gasteiger partial charge in [-0.25, -0.2) is 0 Å². The second-order valence-electron chi connectivity index (χ2n) is 6.14. The minimum Gasteiger partial charge on any atom is -0.508 e. The van der Waals surface area contributed by atoms with E-state index in [1.54, 1.807) is 12.1 Å². The van der Waals surface area contributed by atoms with Gasteiger partial charge in [0.15, 0.2) is 0 Å². The standard InChI is InChI=1S/C20H23N3O2/c21-10-2-1-3-11-22-20(25)19-13-16-5-4-15(12-18(16)23-19)14-6-8-17(24)9-7-14/h4-9,12-13,23-24H,1-3,10-11,21H2,(H,22,25). The molecule has 0 spiro atoms. The van der Waals surface area contributed by atoms with E-state index in [-0.39, 0.29) is 11.7 Å². The van der Waals surface area contributed by atoms with Crippen LogP contribution in [-0.4, -0.2) is 29.1 Å². The third kappa shape index (κ3) is 4.19. The van der Waals surface area contributed by atoms with Crippen molar-refractivity contribution in [2.75, 3.05) is 13.1 Å². The van der Waals surface area contributed by atoms with Gasteiger partial charge in [0.1, 0.15) is 11.4 Å². The Balaban J connectivity index is 1.71. The number of amides is 1. The molecule has 0 aliphatic heterocycles. The average molecular weight is 337 g/mol. The van der Waals surface area contributed by atoms with Crippen LogP contribution in [0.25, 0.3) is 22.0 Å². The lowest BCUT2D eigenvalue weighted by Crippen LogP contribution is -2.24. The van der Waals surface area contributed by atoms with E-state index in [0.717, 1.165) is 41.3 Å². The van der Waals surface area contributed by atoms with Gasteiger partial charge in [0.2, 0.25) is 0 Å². The number of benzene rings is 2. The van der Waals surface area contributed by atoms with Gasteiger partial charge in [-0.2, -0.15) is 0 Å². The molecule has 0 saturated heterocycles. The van der Waals surface area contributed by atoms with Crippen LogP contribution >= 0.6 is 0 Å². The maximum Gasteiger partial charge on any atom is 0.267 e. The number of hydrogen-bond acceptors (Lipinski definition) is 3. The highest BCUT2D eigenvalue weighted by Gasteiger charge is 2.09. The lowest BCUT2D eigenvalue weighted by Gasteiger charge is -2.03. The molecule has 3 aromatic rings. The molecule has 1 heterocycles. The second-order valence-corrected chi connectivity index (χ2v) is 6.14. The maximum atomic E-state index is 12.2. The smallest absolute Gasteiger partial charge is 0.267 e. The number of unbranched alkanes of at least 4 members (excludes halogenated alkanes) is 2. The quantitative estimate of drug-likeness (QED) is 0.498. The topological polar surface area (TPSA) is 91.1 Å². The number of aromatic nitrogens is 1. The van der Waals surface area contributed by atoms with Crippen molar-refractivity contribution in [1.82, 2.24) is 10.3 Å². The molecule has 0 saturated carbocycles. The Morgan fingerprint density at radius 3 is 2.52 bits per heavy atom. The average Bonchev–Trinajstić information content (AvgIpc) is 3.05. The summed E-state index contributed by atoms with van der Waals surface area (Å²) in [6.45, 7) is 1.35. The Morgan fingerprint density at radius 2 is 1.76 bits per heavy atom. The van der Waals surface area contributed by atoms with Crippen molar-refractivity contribution in [2.45, 2.75) is 19.3 Å². The predicted octanol–water partition coefficient (Wildman–Crippen LogP) is 3.40. The number of hydrogen-bond donors (Lipinski definition) is 4. The van der Waals surface area contributed by atoms with E-state index < -0.39 is 0 Å². The zero-order valence-corrected chi connectivity index (χ0v) is 14.1. The van der Waals surface area contributed by atoms with Gasteiger partial charge in [0, 0.05) is 17.4 Å². The summed E-state index contributed by atoms with van der Waals surface area (Å²) in [5, 5.41) is 13.3. The van der Waals surface area contributed by atoms with Crippen LogP contribution in [0.4, 0.5) is 0 Å². The highest BCUT2D eigenvalue weighted by molar-refractivity contribution is 5.98. The van der Waals surface area contributed by atoms with Crippen LogP contribution in [0.1, 0.15) is 29.8 Å². The Labute approximate surface area is 146 Å². The molecule has 5 nitrogen and oxygen atoms in total. The van der Waals surface area contributed by atoms with Crippen molar-refractivity contribution < 1.29 is 9.90 Å². The summed E-state index contributed by atoms with van der Waals surface area (Å²) in [5.74, 6) is 0.158. The molecule has 0 aliphatic rings. The zero-order valence-electron chi connectivity index (χ0n) is 14.1. The third-order valence-electron chi connectivity index (χ3n) is 4.23. The third-order valence-corrected chi connectivity index (χ3v) is 4.23. The second kappa shape index (κ2) is 7.85. The van der Waals surface area contributed by atoms with E-state index in [9.17, 15) is 9.90 Å². The van der Waals surface area contributed by atoms with Gasteiger partial charge in [-0.05, 0) is 54.8 Å². The maximum absolute atomic E-state index is 12.2. The minimum atomic E-state index is -0.0878. The number of aromatic amines is 1. The summed E-state index contributed by atoms with van der Waals surface area (Å²) in [7, 11) is 0. The van der Waals surface area contributed by atoms with Crippen LogP contribution in [0.2, 0.25) is 0 Å². The number of aromatic hydroxyl groups is 1. The number of fused-ring (bicyclic) bond motifs is 1. The van der Waals surface area contributed by atoms with Gasteiger partial charge in [-0.1, -0.05) is 30.7 Å². The molecule has 0 unspecified atom stereocenters. The fourth-order valence-corrected chi connectivity index (χ4v) is 2.83. The number of carbonyl (C=O) groups excluding carboxylic acids is 1. The first-order chi connectivity index (χ1) is 12.2. The molecule has 0 fully saturated rings. The van der Waals surface area contributed by atoms with Crippen molar-refractivity contribution >= 4 is 16.8 Å². The molecule has 0 bridgehead atoms. The van der Waals surface area contributed by atoms with Gasteiger partial charge in [0.25, 0.3) is 5.91 Å². The molecule has 1 aromatic heterocycles. The van der Waals surface area contributed by atoms with Crippen molar-refractivity contribution in [2.24, 2.45) is 5.73 Å². The first-order valence-corrected chi connectivity index (χ1v) is 8.58. The number of rotatable bonds is 7. The largest absolute Gasteiger partial charge is 0.508 e. The minimum absolute atomic E-state index is 0.0878. The van der Waals surface area contributed by atoms with Gasteiger partial charge in [-0.3, -0.25) is 4.79 Å². The molecule has 5 heteroatoms. The lowest BCUT2D eigenvalue weighted by atomic mass is 10.0. The van der Waals surface area contributed by atoms with E-state index in [0.29, 0.717) is 18.8 Å². The summed E-state index contributed by atoms with van der Waals surface area (Å²) in [5.41, 5.74) is 8.99. The first kappa shape index (κ1) is 17.0. The van der Waals surface area contributed by atoms with E-state index in [2.05, 4.69) is 10.3 Å². The lowest BCUT2D eigenvalue weighted by molar-refractivity contribution is 0.0949. The van der Waals surface area contributed by atoms with Crippen LogP contribution in [0, 0.1) is 0 Å². The normalized spacial score (nSPS) is 10.9. The fourth-order valence-electron chi connectivity index (χ4n) is 2.83. The molecular weight excluding hydrogens is 314 g/mol. The van der Waals surface area contributed by atoms with Gasteiger partial charge >= 0.3 is 0 Å². The van der Waals surface area contributed by atoms with E-state index in [1.165, 1.54) is 0 Å². The molecule has 3 rings (SSSR count). The van der Waals surface area contributed by atoms with E-state index in [4.69, 9.17) is 5.73 Å². The molecule has 0 atom stereocenters. The number of H-pyrrole nitrogens is 1. The van der Waals surface area contributed by atoms with E-state index >= 15 is 0 Å². The molecule has 130 valence electrons. The molecule has 2 aromatic carbocycles. The summed E-state index contributed by atoms with van der Waals surface area (Å²) in [4.78, 5) is 15.4. The molecule has 0 radical (unpaired) electrons. The summed E-state index contributed by atoms with van der Waals surface area (Å²) in [6, 6.07) is 15.0. The Kier molecular flexibility index (Phi) is 5.36. The Morgan fingerprint density at radius 1 is 1.00 bits per heavy atom. The van der Waals surface area contributed by atoms with E-state index in [1.807, 2.05) is 36.4 Å². The summed E-state index contributed by atoms with van der Waals surface area (Å²) in [6.07, 6.45) is 2.95. The van der Waals surface area contributed by atoms with Crippen LogP contribution in [-0.2, 0) is 0 Å². The fraction of sp³-hybridized carbons (Fsp3) is 0.250. The number of nitrogens with one attached hydrogen (secondary N) is 2. The SMILES string of the molecule is NCCCCCNC(=O)c1cc2ccc(-c3ccc(O)cc3)cc2[nH]1. The van der Waals surface area contributed by atoms with Crippen LogP contribution in [0.15, 0.2) is 48.5 Å². The Hall–Kier alpha value is -2.79. The monoisotopic (exact) mass is 337 g/mol. The molecule has 25 heavy (non-hydrogen) atoms. The highest BCUT2D eigenvalue weighted by atomic mass is 16.3. The van der Waals surface area contributed by atoms with Crippen LogP contribution in [0.3, 0.4) is 0 Å². The van der Waals surface area contributed by atoms with Crippen LogP contribution < -0.4 is 11.1 Å². The molecule has 5 N–H and O–H groups in total.